The lowest BCUT2D eigenvalue weighted by Gasteiger charge is -2.35. The molecule has 0 atom stereocenters. The number of hydrogen-bond donors (Lipinski definition) is 0. The third kappa shape index (κ3) is 5.31. The van der Waals surface area contributed by atoms with Crippen LogP contribution in [0.3, 0.4) is 0 Å². The lowest BCUT2D eigenvalue weighted by atomic mass is 10.1. The summed E-state index contributed by atoms with van der Waals surface area (Å²) in [5.41, 5.74) is -1.37. The summed E-state index contributed by atoms with van der Waals surface area (Å²) in [6, 6.07) is 6.88. The molecule has 10 heteroatoms. The quantitative estimate of drug-likeness (QED) is 0.533. The number of carbonyl (C=O) groups is 1. The van der Waals surface area contributed by atoms with Crippen LogP contribution in [0.15, 0.2) is 48.7 Å². The van der Waals surface area contributed by atoms with E-state index in [9.17, 15) is 31.1 Å². The Morgan fingerprint density at radius 3 is 2.13 bits per heavy atom. The van der Waals surface area contributed by atoms with Gasteiger partial charge in [0.2, 0.25) is 5.91 Å². The van der Waals surface area contributed by atoms with Crippen LogP contribution in [0.25, 0.3) is 6.08 Å². The molecule has 1 amide bonds. The van der Waals surface area contributed by atoms with Gasteiger partial charge in [0.05, 0.1) is 11.1 Å². The number of aromatic nitrogens is 1. The van der Waals surface area contributed by atoms with Gasteiger partial charge >= 0.3 is 12.4 Å². The highest BCUT2D eigenvalue weighted by Crippen LogP contribution is 2.30. The fourth-order valence-electron chi connectivity index (χ4n) is 2.99. The number of anilines is 1. The minimum Gasteiger partial charge on any atom is -0.353 e. The highest BCUT2D eigenvalue weighted by molar-refractivity contribution is 5.92. The van der Waals surface area contributed by atoms with Crippen LogP contribution < -0.4 is 4.90 Å². The van der Waals surface area contributed by atoms with Crippen molar-refractivity contribution in [1.29, 1.82) is 0 Å². The van der Waals surface area contributed by atoms with Crippen molar-refractivity contribution in [2.75, 3.05) is 31.1 Å². The summed E-state index contributed by atoms with van der Waals surface area (Å²) in [7, 11) is 0. The van der Waals surface area contributed by atoms with Gasteiger partial charge in [-0.3, -0.25) is 4.79 Å². The molecule has 0 N–H and O–H groups in total. The number of amides is 1. The molecule has 1 aromatic carbocycles. The van der Waals surface area contributed by atoms with Crippen molar-refractivity contribution in [2.24, 2.45) is 0 Å². The van der Waals surface area contributed by atoms with Crippen LogP contribution >= 0.6 is 0 Å². The van der Waals surface area contributed by atoms with Gasteiger partial charge in [0.15, 0.2) is 0 Å². The third-order valence-corrected chi connectivity index (χ3v) is 4.62. The molecule has 4 nitrogen and oxygen atoms in total. The zero-order chi connectivity index (χ0) is 21.9. The molecular weight excluding hydrogens is 412 g/mol. The van der Waals surface area contributed by atoms with Crippen molar-refractivity contribution >= 4 is 17.8 Å². The topological polar surface area (TPSA) is 36.4 Å². The minimum absolute atomic E-state index is 0.255. The minimum atomic E-state index is -4.46. The Balaban J connectivity index is 1.57. The van der Waals surface area contributed by atoms with Crippen molar-refractivity contribution in [3.63, 3.8) is 0 Å². The van der Waals surface area contributed by atoms with Crippen LogP contribution in [0.1, 0.15) is 16.7 Å². The molecule has 160 valence electrons. The van der Waals surface area contributed by atoms with Gasteiger partial charge in [0.25, 0.3) is 0 Å². The summed E-state index contributed by atoms with van der Waals surface area (Å²) in [5.74, 6) is 0.0297. The zero-order valence-corrected chi connectivity index (χ0v) is 15.5. The Hall–Kier alpha value is -3.04. The van der Waals surface area contributed by atoms with Crippen LogP contribution in [-0.2, 0) is 17.1 Å². The van der Waals surface area contributed by atoms with Gasteiger partial charge in [0, 0.05) is 38.5 Å². The molecule has 2 heterocycles. The van der Waals surface area contributed by atoms with Crippen LogP contribution in [-0.4, -0.2) is 42.0 Å². The molecule has 0 bridgehead atoms. The summed E-state index contributed by atoms with van der Waals surface area (Å²) < 4.78 is 76.1. The predicted octanol–water partition coefficient (Wildman–Crippen LogP) is 4.48. The first-order valence-electron chi connectivity index (χ1n) is 8.96. The predicted molar refractivity (Wildman–Crippen MR) is 98.5 cm³/mol. The Morgan fingerprint density at radius 2 is 1.57 bits per heavy atom. The highest BCUT2D eigenvalue weighted by Gasteiger charge is 2.31. The fraction of sp³-hybridized carbons (Fsp3) is 0.300. The molecule has 0 saturated carbocycles. The zero-order valence-electron chi connectivity index (χ0n) is 15.5. The van der Waals surface area contributed by atoms with E-state index in [1.165, 1.54) is 35.3 Å². The van der Waals surface area contributed by atoms with E-state index in [4.69, 9.17) is 0 Å². The van der Waals surface area contributed by atoms with Gasteiger partial charge in [-0.25, -0.2) is 4.98 Å². The second-order valence-corrected chi connectivity index (χ2v) is 6.67. The monoisotopic (exact) mass is 429 g/mol. The summed E-state index contributed by atoms with van der Waals surface area (Å²) in [6.45, 7) is 1.38. The Morgan fingerprint density at radius 1 is 0.900 bits per heavy atom. The van der Waals surface area contributed by atoms with Crippen LogP contribution in [0.2, 0.25) is 0 Å². The summed E-state index contributed by atoms with van der Waals surface area (Å²) in [6.07, 6.45) is -5.62. The number of benzene rings is 1. The molecule has 3 rings (SSSR count). The van der Waals surface area contributed by atoms with E-state index in [1.807, 2.05) is 0 Å². The normalized spacial score (nSPS) is 15.7. The Labute approximate surface area is 168 Å². The molecular formula is C20H17F6N3O. The lowest BCUT2D eigenvalue weighted by Crippen LogP contribution is -2.48. The van der Waals surface area contributed by atoms with Gasteiger partial charge < -0.3 is 9.80 Å². The maximum absolute atomic E-state index is 12.7. The van der Waals surface area contributed by atoms with Crippen LogP contribution in [0.5, 0.6) is 0 Å². The Kier molecular flexibility index (Phi) is 6.04. The van der Waals surface area contributed by atoms with Crippen molar-refractivity contribution in [3.8, 4) is 0 Å². The van der Waals surface area contributed by atoms with Gasteiger partial charge in [0.1, 0.15) is 5.82 Å². The number of hydrogen-bond acceptors (Lipinski definition) is 3. The van der Waals surface area contributed by atoms with Gasteiger partial charge in [-0.15, -0.1) is 0 Å². The first-order chi connectivity index (χ1) is 14.0. The van der Waals surface area contributed by atoms with Crippen molar-refractivity contribution in [3.05, 3.63) is 65.4 Å². The molecule has 1 aromatic heterocycles. The van der Waals surface area contributed by atoms with E-state index in [1.54, 1.807) is 4.90 Å². The van der Waals surface area contributed by atoms with Gasteiger partial charge in [-0.05, 0) is 35.9 Å². The van der Waals surface area contributed by atoms with Crippen molar-refractivity contribution in [1.82, 2.24) is 9.88 Å². The van der Waals surface area contributed by atoms with E-state index in [2.05, 4.69) is 4.98 Å². The van der Waals surface area contributed by atoms with E-state index in [0.29, 0.717) is 32.0 Å². The molecule has 1 fully saturated rings. The molecule has 0 spiro atoms. The maximum atomic E-state index is 12.7. The van der Waals surface area contributed by atoms with E-state index >= 15 is 0 Å². The number of alkyl halides is 6. The number of rotatable bonds is 3. The second kappa shape index (κ2) is 8.37. The van der Waals surface area contributed by atoms with E-state index < -0.39 is 23.5 Å². The van der Waals surface area contributed by atoms with Crippen LogP contribution in [0, 0.1) is 0 Å². The fourth-order valence-corrected chi connectivity index (χ4v) is 2.99. The number of pyridine rings is 1. The largest absolute Gasteiger partial charge is 0.417 e. The second-order valence-electron chi connectivity index (χ2n) is 6.67. The molecule has 1 aliphatic rings. The number of nitrogens with zero attached hydrogens (tertiary/aromatic N) is 3. The first-order valence-corrected chi connectivity index (χ1v) is 8.96. The smallest absolute Gasteiger partial charge is 0.353 e. The van der Waals surface area contributed by atoms with E-state index in [-0.39, 0.29) is 11.5 Å². The highest BCUT2D eigenvalue weighted by atomic mass is 19.4. The first kappa shape index (κ1) is 21.7. The van der Waals surface area contributed by atoms with Gasteiger partial charge in [-0.1, -0.05) is 12.1 Å². The van der Waals surface area contributed by atoms with Crippen molar-refractivity contribution < 1.29 is 31.1 Å². The standard InChI is InChI=1S/C20H17F6N3O/c21-19(22,23)15-3-1-2-14(12-15)4-7-18(30)29-10-8-28(9-11-29)17-6-5-16(13-27-17)20(24,25)26/h1-7,12-13H,8-11H2/b7-4+. The molecule has 0 aliphatic carbocycles. The summed E-state index contributed by atoms with van der Waals surface area (Å²) in [4.78, 5) is 19.4. The molecule has 1 saturated heterocycles. The van der Waals surface area contributed by atoms with Gasteiger partial charge in [-0.2, -0.15) is 26.3 Å². The third-order valence-electron chi connectivity index (χ3n) is 4.62. The summed E-state index contributed by atoms with van der Waals surface area (Å²) in [5, 5.41) is 0. The summed E-state index contributed by atoms with van der Waals surface area (Å²) >= 11 is 0. The molecule has 2 aromatic rings. The van der Waals surface area contributed by atoms with E-state index in [0.717, 1.165) is 24.4 Å². The molecule has 0 unspecified atom stereocenters. The average molecular weight is 429 g/mol. The average Bonchev–Trinajstić information content (AvgIpc) is 2.71. The molecule has 30 heavy (non-hydrogen) atoms. The number of halogens is 6. The Bertz CT molecular complexity index is 913. The molecule has 1 aliphatic heterocycles. The molecule has 0 radical (unpaired) electrons. The number of piperazine rings is 1. The maximum Gasteiger partial charge on any atom is 0.417 e. The van der Waals surface area contributed by atoms with Crippen molar-refractivity contribution in [2.45, 2.75) is 12.4 Å². The lowest BCUT2D eigenvalue weighted by molar-refractivity contribution is -0.138. The SMILES string of the molecule is O=C(/C=C/c1cccc(C(F)(F)F)c1)N1CCN(c2ccc(C(F)(F)F)cn2)CC1. The number of carbonyl (C=O) groups excluding carboxylic acids is 1. The van der Waals surface area contributed by atoms with Crippen LogP contribution in [0.4, 0.5) is 32.2 Å².